The van der Waals surface area contributed by atoms with Crippen LogP contribution in [0.2, 0.25) is 5.28 Å². The van der Waals surface area contributed by atoms with Crippen molar-refractivity contribution in [1.29, 1.82) is 0 Å². The first-order valence-electron chi connectivity index (χ1n) is 5.82. The fraction of sp³-hybridized carbons (Fsp3) is 0.0833. The molecule has 0 spiro atoms. The molecule has 3 aromatic rings. The van der Waals surface area contributed by atoms with Crippen molar-refractivity contribution >= 4 is 11.6 Å². The predicted molar refractivity (Wildman–Crippen MR) is 71.0 cm³/mol. The van der Waals surface area contributed by atoms with Crippen molar-refractivity contribution < 1.29 is 9.13 Å². The van der Waals surface area contributed by atoms with Crippen molar-refractivity contribution in [2.75, 3.05) is 0 Å². The second-order valence-corrected chi connectivity index (χ2v) is 4.38. The van der Waals surface area contributed by atoms with Crippen LogP contribution in [-0.4, -0.2) is 29.7 Å². The third-order valence-corrected chi connectivity index (χ3v) is 2.71. The summed E-state index contributed by atoms with van der Waals surface area (Å²) < 4.78 is 20.0. The number of hydrogen-bond donors (Lipinski definition) is 0. The molecule has 0 amide bonds. The van der Waals surface area contributed by atoms with E-state index >= 15 is 0 Å². The number of rotatable bonds is 3. The number of hydrogen-bond acceptors (Lipinski definition) is 6. The number of aromatic nitrogens is 6. The minimum absolute atomic E-state index is 0.0218. The van der Waals surface area contributed by atoms with Crippen LogP contribution in [0.4, 0.5) is 4.39 Å². The highest BCUT2D eigenvalue weighted by Gasteiger charge is 2.10. The van der Waals surface area contributed by atoms with Crippen LogP contribution in [0.25, 0.3) is 5.95 Å². The van der Waals surface area contributed by atoms with Gasteiger partial charge in [-0.1, -0.05) is 0 Å². The van der Waals surface area contributed by atoms with Gasteiger partial charge in [-0.15, -0.1) is 0 Å². The summed E-state index contributed by atoms with van der Waals surface area (Å²) >= 11 is 5.83. The molecule has 0 aliphatic carbocycles. The van der Waals surface area contributed by atoms with E-state index in [0.29, 0.717) is 11.3 Å². The Balaban J connectivity index is 1.93. The molecule has 0 N–H and O–H groups in total. The standard InChI is InChI=1S/C12H8ClFN6O/c1-7-4-8(2-3-9(7)14)21-12-18-10(13)17-11(19-12)20-6-15-5-16-20/h2-6H,1H3. The summed E-state index contributed by atoms with van der Waals surface area (Å²) in [6.45, 7) is 1.63. The van der Waals surface area contributed by atoms with E-state index in [4.69, 9.17) is 16.3 Å². The van der Waals surface area contributed by atoms with Crippen LogP contribution in [-0.2, 0) is 0 Å². The molecule has 9 heteroatoms. The summed E-state index contributed by atoms with van der Waals surface area (Å²) in [5.74, 6) is 0.237. The summed E-state index contributed by atoms with van der Waals surface area (Å²) in [6, 6.07) is 4.27. The summed E-state index contributed by atoms with van der Waals surface area (Å²) in [5, 5.41) is 3.84. The maximum atomic E-state index is 13.2. The Labute approximate surface area is 123 Å². The summed E-state index contributed by atoms with van der Waals surface area (Å²) in [6.07, 6.45) is 2.75. The zero-order valence-electron chi connectivity index (χ0n) is 10.7. The van der Waals surface area contributed by atoms with Crippen LogP contribution in [0.1, 0.15) is 5.56 Å². The fourth-order valence-corrected chi connectivity index (χ4v) is 1.72. The topological polar surface area (TPSA) is 78.6 Å². The Hall–Kier alpha value is -2.61. The maximum Gasteiger partial charge on any atom is 0.328 e. The van der Waals surface area contributed by atoms with Crippen molar-refractivity contribution in [1.82, 2.24) is 29.7 Å². The second kappa shape index (κ2) is 5.41. The van der Waals surface area contributed by atoms with Gasteiger partial charge in [0.15, 0.2) is 0 Å². The zero-order chi connectivity index (χ0) is 14.8. The van der Waals surface area contributed by atoms with Crippen molar-refractivity contribution in [3.8, 4) is 17.7 Å². The van der Waals surface area contributed by atoms with E-state index in [9.17, 15) is 4.39 Å². The van der Waals surface area contributed by atoms with E-state index in [-0.39, 0.29) is 23.1 Å². The second-order valence-electron chi connectivity index (χ2n) is 4.04. The van der Waals surface area contributed by atoms with Crippen molar-refractivity contribution in [2.45, 2.75) is 6.92 Å². The minimum Gasteiger partial charge on any atom is -0.424 e. The molecule has 106 valence electrons. The van der Waals surface area contributed by atoms with Crippen molar-refractivity contribution in [2.24, 2.45) is 0 Å². The lowest BCUT2D eigenvalue weighted by Gasteiger charge is -2.06. The van der Waals surface area contributed by atoms with Gasteiger partial charge in [0.1, 0.15) is 24.2 Å². The Morgan fingerprint density at radius 2 is 2.10 bits per heavy atom. The predicted octanol–water partition coefficient (Wildman–Crippen LogP) is 2.35. The Bertz CT molecular complexity index is 779. The molecule has 0 unspecified atom stereocenters. The molecule has 0 aliphatic rings. The number of halogens is 2. The van der Waals surface area contributed by atoms with Crippen molar-refractivity contribution in [3.63, 3.8) is 0 Å². The van der Waals surface area contributed by atoms with E-state index in [1.165, 1.54) is 35.5 Å². The number of benzene rings is 1. The largest absolute Gasteiger partial charge is 0.424 e. The van der Waals surface area contributed by atoms with Gasteiger partial charge < -0.3 is 4.74 Å². The van der Waals surface area contributed by atoms with Gasteiger partial charge in [-0.05, 0) is 42.3 Å². The average molecular weight is 307 g/mol. The normalized spacial score (nSPS) is 10.6. The van der Waals surface area contributed by atoms with E-state index in [1.54, 1.807) is 6.92 Å². The molecule has 0 fully saturated rings. The molecule has 0 saturated heterocycles. The van der Waals surface area contributed by atoms with Gasteiger partial charge in [0.25, 0.3) is 5.95 Å². The lowest BCUT2D eigenvalue weighted by molar-refractivity contribution is 0.435. The third-order valence-electron chi connectivity index (χ3n) is 2.54. The number of ether oxygens (including phenoxy) is 1. The van der Waals surface area contributed by atoms with Gasteiger partial charge in [-0.25, -0.2) is 9.37 Å². The first-order valence-corrected chi connectivity index (χ1v) is 6.20. The van der Waals surface area contributed by atoms with Gasteiger partial charge in [-0.3, -0.25) is 0 Å². The van der Waals surface area contributed by atoms with Crippen LogP contribution in [0.15, 0.2) is 30.9 Å². The van der Waals surface area contributed by atoms with Gasteiger partial charge in [0.2, 0.25) is 5.28 Å². The highest BCUT2D eigenvalue weighted by molar-refractivity contribution is 6.28. The minimum atomic E-state index is -0.320. The molecule has 21 heavy (non-hydrogen) atoms. The van der Waals surface area contributed by atoms with Crippen LogP contribution in [0, 0.1) is 12.7 Å². The molecule has 0 radical (unpaired) electrons. The smallest absolute Gasteiger partial charge is 0.328 e. The molecule has 2 aromatic heterocycles. The van der Waals surface area contributed by atoms with E-state index < -0.39 is 0 Å². The molecule has 0 saturated carbocycles. The molecular weight excluding hydrogens is 299 g/mol. The van der Waals surface area contributed by atoms with E-state index in [2.05, 4.69) is 25.0 Å². The SMILES string of the molecule is Cc1cc(Oc2nc(Cl)nc(-n3cncn3)n2)ccc1F. The monoisotopic (exact) mass is 306 g/mol. The van der Waals surface area contributed by atoms with Gasteiger partial charge in [0.05, 0.1) is 0 Å². The Morgan fingerprint density at radius 3 is 2.81 bits per heavy atom. The molecular formula is C12H8ClFN6O. The van der Waals surface area contributed by atoms with Crippen LogP contribution in [0.5, 0.6) is 11.8 Å². The first kappa shape index (κ1) is 13.4. The third kappa shape index (κ3) is 2.95. The number of nitrogens with zero attached hydrogens (tertiary/aromatic N) is 6. The first-order chi connectivity index (χ1) is 10.1. The molecule has 0 atom stereocenters. The quantitative estimate of drug-likeness (QED) is 0.739. The average Bonchev–Trinajstić information content (AvgIpc) is 2.96. The van der Waals surface area contributed by atoms with Crippen LogP contribution in [0.3, 0.4) is 0 Å². The Morgan fingerprint density at radius 1 is 1.24 bits per heavy atom. The highest BCUT2D eigenvalue weighted by atomic mass is 35.5. The van der Waals surface area contributed by atoms with Gasteiger partial charge >= 0.3 is 6.01 Å². The fourth-order valence-electron chi connectivity index (χ4n) is 1.57. The lowest BCUT2D eigenvalue weighted by Crippen LogP contribution is -2.05. The summed E-state index contributed by atoms with van der Waals surface area (Å²) in [7, 11) is 0. The molecule has 7 nitrogen and oxygen atoms in total. The summed E-state index contributed by atoms with van der Waals surface area (Å²) in [5.41, 5.74) is 0.448. The molecule has 2 heterocycles. The zero-order valence-corrected chi connectivity index (χ0v) is 11.5. The van der Waals surface area contributed by atoms with Gasteiger partial charge in [-0.2, -0.15) is 24.7 Å². The van der Waals surface area contributed by atoms with Gasteiger partial charge in [0, 0.05) is 0 Å². The van der Waals surface area contributed by atoms with Crippen LogP contribution < -0.4 is 4.74 Å². The van der Waals surface area contributed by atoms with Crippen LogP contribution >= 0.6 is 11.6 Å². The van der Waals surface area contributed by atoms with E-state index in [1.807, 2.05) is 0 Å². The Kier molecular flexibility index (Phi) is 3.44. The maximum absolute atomic E-state index is 13.2. The highest BCUT2D eigenvalue weighted by Crippen LogP contribution is 2.21. The molecule has 3 rings (SSSR count). The molecule has 1 aromatic carbocycles. The summed E-state index contributed by atoms with van der Waals surface area (Å²) in [4.78, 5) is 15.6. The molecule has 0 bridgehead atoms. The number of aryl methyl sites for hydroxylation is 1. The lowest BCUT2D eigenvalue weighted by atomic mass is 10.2. The van der Waals surface area contributed by atoms with E-state index in [0.717, 1.165) is 0 Å². The molecule has 0 aliphatic heterocycles. The van der Waals surface area contributed by atoms with Crippen molar-refractivity contribution in [3.05, 3.63) is 47.5 Å².